The minimum atomic E-state index is -4.54. The third kappa shape index (κ3) is 2.99. The summed E-state index contributed by atoms with van der Waals surface area (Å²) in [6, 6.07) is 2.39. The Kier molecular flexibility index (Phi) is 4.10. The quantitative estimate of drug-likeness (QED) is 0.858. The molecule has 0 saturated heterocycles. The maximum atomic E-state index is 13.2. The average molecular weight is 304 g/mol. The molecule has 20 heavy (non-hydrogen) atoms. The lowest BCUT2D eigenvalue weighted by Crippen LogP contribution is -2.10. The first-order chi connectivity index (χ1) is 9.32. The fourth-order valence-corrected chi connectivity index (χ4v) is 2.70. The van der Waals surface area contributed by atoms with Gasteiger partial charge in [0.05, 0.1) is 5.56 Å². The van der Waals surface area contributed by atoms with Crippen LogP contribution in [0.2, 0.25) is 0 Å². The Bertz CT molecular complexity index is 607. The van der Waals surface area contributed by atoms with Gasteiger partial charge in [-0.15, -0.1) is 11.3 Å². The van der Waals surface area contributed by atoms with Crippen LogP contribution in [0.3, 0.4) is 0 Å². The number of nitrogens with zero attached hydrogens (tertiary/aromatic N) is 1. The minimum absolute atomic E-state index is 0.0239. The zero-order valence-electron chi connectivity index (χ0n) is 10.8. The lowest BCUT2D eigenvalue weighted by atomic mass is 10.1. The molecule has 0 aliphatic rings. The number of alkyl halides is 3. The average Bonchev–Trinajstić information content (AvgIpc) is 2.85. The highest BCUT2D eigenvalue weighted by Crippen LogP contribution is 2.39. The van der Waals surface area contributed by atoms with Crippen LogP contribution in [-0.2, 0) is 6.18 Å². The molecule has 0 aliphatic heterocycles. The maximum absolute atomic E-state index is 13.2. The molecule has 0 radical (unpaired) electrons. The summed E-state index contributed by atoms with van der Waals surface area (Å²) < 4.78 is 52.1. The van der Waals surface area contributed by atoms with E-state index in [9.17, 15) is 17.6 Å². The molecule has 1 unspecified atom stereocenters. The maximum Gasteiger partial charge on any atom is 0.417 e. The van der Waals surface area contributed by atoms with Crippen LogP contribution in [-0.4, -0.2) is 12.0 Å². The van der Waals surface area contributed by atoms with Crippen LogP contribution in [0.4, 0.5) is 17.6 Å². The Morgan fingerprint density at radius 2 is 2.00 bits per heavy atom. The second-order valence-electron chi connectivity index (χ2n) is 4.27. The first-order valence-electron chi connectivity index (χ1n) is 5.83. The molecule has 0 bridgehead atoms. The topological polar surface area (TPSA) is 24.9 Å². The van der Waals surface area contributed by atoms with Gasteiger partial charge in [-0.2, -0.15) is 13.2 Å². The molecule has 0 fully saturated rings. The van der Waals surface area contributed by atoms with Crippen molar-refractivity contribution in [2.24, 2.45) is 0 Å². The molecular weight excluding hydrogens is 292 g/mol. The van der Waals surface area contributed by atoms with Crippen LogP contribution >= 0.6 is 11.3 Å². The summed E-state index contributed by atoms with van der Waals surface area (Å²) in [6.07, 6.45) is -3.03. The van der Waals surface area contributed by atoms with E-state index in [2.05, 4.69) is 10.3 Å². The van der Waals surface area contributed by atoms with Gasteiger partial charge in [0.2, 0.25) is 0 Å². The van der Waals surface area contributed by atoms with E-state index in [4.69, 9.17) is 0 Å². The van der Waals surface area contributed by atoms with Crippen LogP contribution < -0.4 is 5.32 Å². The van der Waals surface area contributed by atoms with Crippen molar-refractivity contribution in [3.8, 4) is 10.6 Å². The summed E-state index contributed by atoms with van der Waals surface area (Å²) in [5, 5.41) is 3.14. The predicted molar refractivity (Wildman–Crippen MR) is 70.0 cm³/mol. The molecule has 1 N–H and O–H groups in total. The molecule has 2 aromatic rings. The van der Waals surface area contributed by atoms with Gasteiger partial charge >= 0.3 is 6.18 Å². The predicted octanol–water partition coefficient (Wildman–Crippen LogP) is 4.25. The number of rotatable bonds is 3. The van der Waals surface area contributed by atoms with Crippen molar-refractivity contribution in [2.75, 3.05) is 7.05 Å². The second kappa shape index (κ2) is 5.49. The van der Waals surface area contributed by atoms with Gasteiger partial charge in [-0.1, -0.05) is 0 Å². The number of thiazole rings is 1. The molecule has 2 nitrogen and oxygen atoms in total. The van der Waals surface area contributed by atoms with Crippen molar-refractivity contribution in [1.29, 1.82) is 0 Å². The van der Waals surface area contributed by atoms with Crippen molar-refractivity contribution in [1.82, 2.24) is 10.3 Å². The summed E-state index contributed by atoms with van der Waals surface area (Å²) >= 11 is 1.12. The Morgan fingerprint density at radius 1 is 1.30 bits per heavy atom. The Morgan fingerprint density at radius 3 is 2.60 bits per heavy atom. The van der Waals surface area contributed by atoms with E-state index >= 15 is 0 Å². The van der Waals surface area contributed by atoms with Crippen molar-refractivity contribution in [3.63, 3.8) is 0 Å². The molecule has 0 amide bonds. The van der Waals surface area contributed by atoms with Crippen LogP contribution in [0.5, 0.6) is 0 Å². The number of halogens is 4. The SMILES string of the molecule is CNC(C)c1cnc(-c2cc(F)ccc2C(F)(F)F)s1. The van der Waals surface area contributed by atoms with E-state index in [0.717, 1.165) is 34.4 Å². The van der Waals surface area contributed by atoms with Gasteiger partial charge in [-0.3, -0.25) is 0 Å². The number of nitrogens with one attached hydrogen (secondary N) is 1. The first-order valence-corrected chi connectivity index (χ1v) is 6.64. The lowest BCUT2D eigenvalue weighted by molar-refractivity contribution is -0.137. The molecule has 108 valence electrons. The van der Waals surface area contributed by atoms with Gasteiger partial charge in [0.25, 0.3) is 0 Å². The zero-order chi connectivity index (χ0) is 14.9. The highest BCUT2D eigenvalue weighted by molar-refractivity contribution is 7.15. The monoisotopic (exact) mass is 304 g/mol. The normalized spacial score (nSPS) is 13.5. The Hall–Kier alpha value is -1.47. The highest BCUT2D eigenvalue weighted by Gasteiger charge is 2.34. The van der Waals surface area contributed by atoms with Crippen molar-refractivity contribution in [3.05, 3.63) is 40.7 Å². The third-order valence-corrected chi connectivity index (χ3v) is 4.11. The van der Waals surface area contributed by atoms with Crippen molar-refractivity contribution in [2.45, 2.75) is 19.1 Å². The van der Waals surface area contributed by atoms with Crippen LogP contribution in [0, 0.1) is 5.82 Å². The number of benzene rings is 1. The van der Waals surface area contributed by atoms with E-state index in [-0.39, 0.29) is 16.6 Å². The van der Waals surface area contributed by atoms with E-state index in [0.29, 0.717) is 0 Å². The molecule has 1 aromatic heterocycles. The van der Waals surface area contributed by atoms with Gasteiger partial charge in [0.15, 0.2) is 0 Å². The van der Waals surface area contributed by atoms with Crippen molar-refractivity contribution >= 4 is 11.3 Å². The largest absolute Gasteiger partial charge is 0.417 e. The summed E-state index contributed by atoms with van der Waals surface area (Å²) in [4.78, 5) is 4.77. The van der Waals surface area contributed by atoms with E-state index in [1.54, 1.807) is 7.05 Å². The molecule has 0 aliphatic carbocycles. The molecule has 0 spiro atoms. The molecule has 1 atom stereocenters. The van der Waals surface area contributed by atoms with Gasteiger partial charge < -0.3 is 5.32 Å². The third-order valence-electron chi connectivity index (χ3n) is 2.90. The smallest absolute Gasteiger partial charge is 0.312 e. The Balaban J connectivity index is 2.51. The fourth-order valence-electron chi connectivity index (χ4n) is 1.69. The molecule has 2 rings (SSSR count). The minimum Gasteiger partial charge on any atom is -0.312 e. The summed E-state index contributed by atoms with van der Waals surface area (Å²) in [5.74, 6) is -0.716. The summed E-state index contributed by atoms with van der Waals surface area (Å²) in [6.45, 7) is 1.87. The zero-order valence-corrected chi connectivity index (χ0v) is 11.6. The standard InChI is InChI=1S/C13H12F4N2S/c1-7(18-2)11-6-19-12(20-11)9-5-8(14)3-4-10(9)13(15,16)17/h3-7,18H,1-2H3. The number of hydrogen-bond donors (Lipinski definition) is 1. The summed E-state index contributed by atoms with van der Waals surface area (Å²) in [7, 11) is 1.74. The van der Waals surface area contributed by atoms with E-state index in [1.807, 2.05) is 6.92 Å². The number of hydrogen-bond acceptors (Lipinski definition) is 3. The van der Waals surface area contributed by atoms with Crippen LogP contribution in [0.25, 0.3) is 10.6 Å². The summed E-state index contributed by atoms with van der Waals surface area (Å²) in [5.41, 5.74) is -1.10. The van der Waals surface area contributed by atoms with Gasteiger partial charge in [0.1, 0.15) is 10.8 Å². The molecular formula is C13H12F4N2S. The van der Waals surface area contributed by atoms with Gasteiger partial charge in [0, 0.05) is 22.7 Å². The van der Waals surface area contributed by atoms with Gasteiger partial charge in [-0.25, -0.2) is 9.37 Å². The van der Waals surface area contributed by atoms with E-state index < -0.39 is 17.6 Å². The Labute approximate surface area is 117 Å². The van der Waals surface area contributed by atoms with E-state index in [1.165, 1.54) is 6.20 Å². The highest BCUT2D eigenvalue weighted by atomic mass is 32.1. The van der Waals surface area contributed by atoms with Crippen molar-refractivity contribution < 1.29 is 17.6 Å². The molecule has 1 heterocycles. The first kappa shape index (κ1) is 14.9. The molecule has 7 heteroatoms. The lowest BCUT2D eigenvalue weighted by Gasteiger charge is -2.11. The molecule has 0 saturated carbocycles. The number of aromatic nitrogens is 1. The van der Waals surface area contributed by atoms with Gasteiger partial charge in [-0.05, 0) is 32.2 Å². The second-order valence-corrected chi connectivity index (χ2v) is 5.33. The van der Waals surface area contributed by atoms with Crippen LogP contribution in [0.1, 0.15) is 23.4 Å². The molecule has 1 aromatic carbocycles. The van der Waals surface area contributed by atoms with Crippen LogP contribution in [0.15, 0.2) is 24.4 Å². The fraction of sp³-hybridized carbons (Fsp3) is 0.308.